The number of thioether (sulfide) groups is 1. The molecule has 23 heavy (non-hydrogen) atoms. The number of nitrogens with zero attached hydrogens (tertiary/aromatic N) is 2. The van der Waals surface area contributed by atoms with Crippen molar-refractivity contribution in [2.45, 2.75) is 63.7 Å². The van der Waals surface area contributed by atoms with Crippen molar-refractivity contribution in [1.29, 1.82) is 0 Å². The van der Waals surface area contributed by atoms with E-state index in [-0.39, 0.29) is 35.2 Å². The van der Waals surface area contributed by atoms with Gasteiger partial charge in [0.15, 0.2) is 5.16 Å². The van der Waals surface area contributed by atoms with Crippen molar-refractivity contribution in [3.05, 3.63) is 16.4 Å². The van der Waals surface area contributed by atoms with Gasteiger partial charge >= 0.3 is 0 Å². The number of aromatic hydroxyl groups is 1. The standard InChI is InChI=1S/C16H25N3O3S/c1-10(2)11(3)17-14(21)9-23-16-18-13(20)8-15(22)19(16)12-6-4-5-7-12/h8,10-12,20H,4-7,9H2,1-3H3,(H,17,21)/t11-/m1/s1. The van der Waals surface area contributed by atoms with Crippen LogP contribution in [0, 0.1) is 5.92 Å². The van der Waals surface area contributed by atoms with Crippen LogP contribution < -0.4 is 10.9 Å². The van der Waals surface area contributed by atoms with Crippen LogP contribution in [-0.4, -0.2) is 32.4 Å². The zero-order valence-corrected chi connectivity index (χ0v) is 14.7. The van der Waals surface area contributed by atoms with Gasteiger partial charge in [-0.25, -0.2) is 0 Å². The van der Waals surface area contributed by atoms with Gasteiger partial charge in [-0.05, 0) is 25.7 Å². The second-order valence-electron chi connectivity index (χ2n) is 6.43. The predicted octanol–water partition coefficient (Wildman–Crippen LogP) is 2.32. The Balaban J connectivity index is 2.09. The van der Waals surface area contributed by atoms with E-state index in [0.29, 0.717) is 11.1 Å². The smallest absolute Gasteiger partial charge is 0.258 e. The van der Waals surface area contributed by atoms with Gasteiger partial charge in [-0.15, -0.1) is 0 Å². The van der Waals surface area contributed by atoms with Gasteiger partial charge in [-0.3, -0.25) is 14.2 Å². The van der Waals surface area contributed by atoms with E-state index >= 15 is 0 Å². The molecule has 0 radical (unpaired) electrons. The Morgan fingerprint density at radius 3 is 2.70 bits per heavy atom. The summed E-state index contributed by atoms with van der Waals surface area (Å²) in [5.41, 5.74) is -0.247. The number of aromatic nitrogens is 2. The number of nitrogens with one attached hydrogen (secondary N) is 1. The number of rotatable bonds is 6. The highest BCUT2D eigenvalue weighted by atomic mass is 32.2. The maximum absolute atomic E-state index is 12.2. The molecule has 128 valence electrons. The summed E-state index contributed by atoms with van der Waals surface area (Å²) in [5, 5.41) is 13.0. The van der Waals surface area contributed by atoms with E-state index in [9.17, 15) is 14.7 Å². The van der Waals surface area contributed by atoms with Crippen molar-refractivity contribution in [1.82, 2.24) is 14.9 Å². The van der Waals surface area contributed by atoms with E-state index < -0.39 is 0 Å². The third kappa shape index (κ3) is 4.73. The Labute approximate surface area is 140 Å². The van der Waals surface area contributed by atoms with E-state index in [1.165, 1.54) is 11.8 Å². The molecule has 0 spiro atoms. The minimum absolute atomic E-state index is 0.0910. The molecule has 7 heteroatoms. The quantitative estimate of drug-likeness (QED) is 0.614. The molecule has 1 aromatic heterocycles. The van der Waals surface area contributed by atoms with Crippen LogP contribution in [0.1, 0.15) is 52.5 Å². The monoisotopic (exact) mass is 339 g/mol. The summed E-state index contributed by atoms with van der Waals surface area (Å²) in [5.74, 6) is 0.161. The first-order chi connectivity index (χ1) is 10.9. The van der Waals surface area contributed by atoms with E-state index in [0.717, 1.165) is 31.7 Å². The SMILES string of the molecule is CC(C)[C@@H](C)NC(=O)CSc1nc(O)cc(=O)n1C1CCCC1. The first kappa shape index (κ1) is 17.8. The zero-order valence-electron chi connectivity index (χ0n) is 13.9. The van der Waals surface area contributed by atoms with Crippen LogP contribution in [-0.2, 0) is 4.79 Å². The zero-order chi connectivity index (χ0) is 17.0. The van der Waals surface area contributed by atoms with Gasteiger partial charge in [0.1, 0.15) is 0 Å². The van der Waals surface area contributed by atoms with Gasteiger partial charge in [0, 0.05) is 12.1 Å². The summed E-state index contributed by atoms with van der Waals surface area (Å²) < 4.78 is 1.64. The molecule has 1 atom stereocenters. The molecule has 0 aromatic carbocycles. The second kappa shape index (κ2) is 7.86. The molecule has 0 unspecified atom stereocenters. The maximum Gasteiger partial charge on any atom is 0.258 e. The van der Waals surface area contributed by atoms with Gasteiger partial charge in [0.25, 0.3) is 5.56 Å². The predicted molar refractivity (Wildman–Crippen MR) is 90.8 cm³/mol. The van der Waals surface area contributed by atoms with Crippen LogP contribution >= 0.6 is 11.8 Å². The summed E-state index contributed by atoms with van der Waals surface area (Å²) in [6.45, 7) is 6.06. The maximum atomic E-state index is 12.2. The lowest BCUT2D eigenvalue weighted by molar-refractivity contribution is -0.119. The normalized spacial score (nSPS) is 16.7. The molecule has 1 aliphatic rings. The summed E-state index contributed by atoms with van der Waals surface area (Å²) in [7, 11) is 0. The molecule has 1 saturated carbocycles. The molecule has 2 rings (SSSR count). The number of amides is 1. The van der Waals surface area contributed by atoms with Gasteiger partial charge in [0.2, 0.25) is 11.8 Å². The molecule has 1 amide bonds. The van der Waals surface area contributed by atoms with Crippen molar-refractivity contribution >= 4 is 17.7 Å². The van der Waals surface area contributed by atoms with Gasteiger partial charge in [-0.1, -0.05) is 38.5 Å². The molecule has 6 nitrogen and oxygen atoms in total. The highest BCUT2D eigenvalue weighted by molar-refractivity contribution is 7.99. The number of hydrogen-bond acceptors (Lipinski definition) is 5. The molecule has 1 aromatic rings. The number of hydrogen-bond donors (Lipinski definition) is 2. The topological polar surface area (TPSA) is 84.2 Å². The van der Waals surface area contributed by atoms with Crippen molar-refractivity contribution in [3.8, 4) is 5.88 Å². The lowest BCUT2D eigenvalue weighted by Gasteiger charge is -2.19. The molecule has 2 N–H and O–H groups in total. The van der Waals surface area contributed by atoms with Crippen LogP contribution in [0.5, 0.6) is 5.88 Å². The molecule has 1 aliphatic carbocycles. The second-order valence-corrected chi connectivity index (χ2v) is 7.37. The van der Waals surface area contributed by atoms with Crippen LogP contribution in [0.2, 0.25) is 0 Å². The highest BCUT2D eigenvalue weighted by Crippen LogP contribution is 2.31. The minimum Gasteiger partial charge on any atom is -0.493 e. The summed E-state index contributed by atoms with van der Waals surface area (Å²) in [4.78, 5) is 28.3. The number of carbonyl (C=O) groups excluding carboxylic acids is 1. The lowest BCUT2D eigenvalue weighted by Crippen LogP contribution is -2.37. The van der Waals surface area contributed by atoms with Crippen molar-refractivity contribution in [2.75, 3.05) is 5.75 Å². The molecule has 1 fully saturated rings. The lowest BCUT2D eigenvalue weighted by atomic mass is 10.1. The van der Waals surface area contributed by atoms with Gasteiger partial charge in [-0.2, -0.15) is 4.98 Å². The number of carbonyl (C=O) groups is 1. The first-order valence-electron chi connectivity index (χ1n) is 8.13. The fraction of sp³-hybridized carbons (Fsp3) is 0.688. The minimum atomic E-state index is -0.289. The Hall–Kier alpha value is -1.50. The molecule has 0 aliphatic heterocycles. The molecule has 0 bridgehead atoms. The van der Waals surface area contributed by atoms with Gasteiger partial charge in [0.05, 0.1) is 11.8 Å². The van der Waals surface area contributed by atoms with E-state index in [2.05, 4.69) is 10.3 Å². The summed E-state index contributed by atoms with van der Waals surface area (Å²) in [6.07, 6.45) is 4.07. The highest BCUT2D eigenvalue weighted by Gasteiger charge is 2.22. The van der Waals surface area contributed by atoms with Crippen molar-refractivity contribution < 1.29 is 9.90 Å². The van der Waals surface area contributed by atoms with Crippen LogP contribution in [0.4, 0.5) is 0 Å². The third-order valence-electron chi connectivity index (χ3n) is 4.32. The average Bonchev–Trinajstić information content (AvgIpc) is 2.98. The Morgan fingerprint density at radius 2 is 2.09 bits per heavy atom. The van der Waals surface area contributed by atoms with E-state index in [4.69, 9.17) is 0 Å². The fourth-order valence-electron chi connectivity index (χ4n) is 2.65. The molecule has 1 heterocycles. The van der Waals surface area contributed by atoms with Crippen molar-refractivity contribution in [2.24, 2.45) is 5.92 Å². The average molecular weight is 339 g/mol. The van der Waals surface area contributed by atoms with Crippen LogP contribution in [0.3, 0.4) is 0 Å². The Morgan fingerprint density at radius 1 is 1.43 bits per heavy atom. The molecule has 0 saturated heterocycles. The van der Waals surface area contributed by atoms with Crippen molar-refractivity contribution in [3.63, 3.8) is 0 Å². The fourth-order valence-corrected chi connectivity index (χ4v) is 3.53. The largest absolute Gasteiger partial charge is 0.493 e. The van der Waals surface area contributed by atoms with Crippen LogP contribution in [0.25, 0.3) is 0 Å². The van der Waals surface area contributed by atoms with E-state index in [1.54, 1.807) is 4.57 Å². The van der Waals surface area contributed by atoms with Crippen LogP contribution in [0.15, 0.2) is 16.0 Å². The molecular formula is C16H25N3O3S. The van der Waals surface area contributed by atoms with E-state index in [1.807, 2.05) is 20.8 Å². The molecular weight excluding hydrogens is 314 g/mol. The first-order valence-corrected chi connectivity index (χ1v) is 9.11. The third-order valence-corrected chi connectivity index (χ3v) is 5.27. The Kier molecular flexibility index (Phi) is 6.10. The summed E-state index contributed by atoms with van der Waals surface area (Å²) in [6, 6.07) is 1.36. The summed E-state index contributed by atoms with van der Waals surface area (Å²) >= 11 is 1.20. The van der Waals surface area contributed by atoms with Gasteiger partial charge < -0.3 is 10.4 Å². The Bertz CT molecular complexity index is 609.